The zero-order chi connectivity index (χ0) is 25.6. The van der Waals surface area contributed by atoms with Crippen molar-refractivity contribution in [3.8, 4) is 28.4 Å². The fourth-order valence-electron chi connectivity index (χ4n) is 5.41. The van der Waals surface area contributed by atoms with Gasteiger partial charge in [-0.1, -0.05) is 13.0 Å². The first kappa shape index (κ1) is 24.6. The standard InChI is InChI=1S/C19H21NO3.C9H10N2S2/c1-2-6-20-7-5-12-8-13(21)10-14-17(12)15(20)9-11-3-4-16(22)19(23)18(11)14;1-11(2)6-3-4-8-7(5-6)10-9(12)13-8/h3-4,8,10,15,21-23H,2,5-7,9H2,1H3;3-5H,1-2H3,(H,10,12)/t15-;/m1./s1. The van der Waals surface area contributed by atoms with Crippen LogP contribution in [0.5, 0.6) is 17.2 Å². The third kappa shape index (κ3) is 4.45. The predicted octanol–water partition coefficient (Wildman–Crippen LogP) is 6.36. The molecule has 0 saturated heterocycles. The third-order valence-corrected chi connectivity index (χ3v) is 8.26. The van der Waals surface area contributed by atoms with Crippen molar-refractivity contribution in [3.05, 3.63) is 63.1 Å². The molecule has 188 valence electrons. The quantitative estimate of drug-likeness (QED) is 0.185. The van der Waals surface area contributed by atoms with Gasteiger partial charge in [-0.15, -0.1) is 11.3 Å². The second-order valence-electron chi connectivity index (χ2n) is 9.63. The van der Waals surface area contributed by atoms with E-state index >= 15 is 0 Å². The summed E-state index contributed by atoms with van der Waals surface area (Å²) in [6.45, 7) is 4.23. The summed E-state index contributed by atoms with van der Waals surface area (Å²) in [6.07, 6.45) is 2.84. The van der Waals surface area contributed by atoms with E-state index in [4.69, 9.17) is 12.2 Å². The molecule has 0 saturated carbocycles. The lowest BCUT2D eigenvalue weighted by atomic mass is 9.76. The van der Waals surface area contributed by atoms with Crippen molar-refractivity contribution in [2.45, 2.75) is 32.2 Å². The number of fused-ring (bicyclic) bond motifs is 3. The van der Waals surface area contributed by atoms with Gasteiger partial charge in [0.2, 0.25) is 0 Å². The number of hydrogen-bond acceptors (Lipinski definition) is 7. The number of aromatic hydroxyl groups is 3. The summed E-state index contributed by atoms with van der Waals surface area (Å²) < 4.78 is 2.06. The fourth-order valence-corrected chi connectivity index (χ4v) is 6.51. The van der Waals surface area contributed by atoms with Gasteiger partial charge in [0.15, 0.2) is 15.5 Å². The number of phenolic OH excluding ortho intramolecular Hbond substituents is 3. The van der Waals surface area contributed by atoms with E-state index in [1.807, 2.05) is 26.2 Å². The molecule has 3 aromatic carbocycles. The smallest absolute Gasteiger partial charge is 0.165 e. The Labute approximate surface area is 220 Å². The van der Waals surface area contributed by atoms with Crippen molar-refractivity contribution in [3.63, 3.8) is 0 Å². The molecule has 0 amide bonds. The summed E-state index contributed by atoms with van der Waals surface area (Å²) >= 11 is 6.68. The van der Waals surface area contributed by atoms with E-state index in [1.54, 1.807) is 23.5 Å². The first-order chi connectivity index (χ1) is 17.3. The van der Waals surface area contributed by atoms with E-state index in [9.17, 15) is 15.3 Å². The lowest BCUT2D eigenvalue weighted by Crippen LogP contribution is -2.38. The highest BCUT2D eigenvalue weighted by atomic mass is 32.1. The molecule has 0 bridgehead atoms. The number of anilines is 1. The van der Waals surface area contributed by atoms with Crippen LogP contribution in [-0.4, -0.2) is 52.4 Å². The Morgan fingerprint density at radius 1 is 1.08 bits per heavy atom. The molecule has 1 aromatic heterocycles. The minimum atomic E-state index is -0.111. The molecule has 0 spiro atoms. The predicted molar refractivity (Wildman–Crippen MR) is 150 cm³/mol. The highest BCUT2D eigenvalue weighted by Crippen LogP contribution is 2.51. The Hall–Kier alpha value is -3.07. The van der Waals surface area contributed by atoms with Crippen LogP contribution in [0.1, 0.15) is 36.1 Å². The summed E-state index contributed by atoms with van der Waals surface area (Å²) in [5, 5.41) is 30.4. The van der Waals surface area contributed by atoms with Gasteiger partial charge < -0.3 is 25.2 Å². The van der Waals surface area contributed by atoms with Gasteiger partial charge in [0, 0.05) is 37.9 Å². The number of aromatic amines is 1. The molecule has 0 unspecified atom stereocenters. The van der Waals surface area contributed by atoms with Crippen molar-refractivity contribution in [1.82, 2.24) is 9.88 Å². The second-order valence-corrected chi connectivity index (χ2v) is 11.3. The van der Waals surface area contributed by atoms with Gasteiger partial charge in [0.25, 0.3) is 0 Å². The summed E-state index contributed by atoms with van der Waals surface area (Å²) in [7, 11) is 4.06. The van der Waals surface area contributed by atoms with Crippen LogP contribution in [0, 0.1) is 3.95 Å². The van der Waals surface area contributed by atoms with Crippen molar-refractivity contribution in [1.29, 1.82) is 0 Å². The highest BCUT2D eigenvalue weighted by Gasteiger charge is 2.35. The molecular formula is C28H31N3O3S2. The number of rotatable bonds is 3. The summed E-state index contributed by atoms with van der Waals surface area (Å²) in [4.78, 5) is 7.73. The third-order valence-electron chi connectivity index (χ3n) is 7.05. The van der Waals surface area contributed by atoms with Crippen molar-refractivity contribution in [2.75, 3.05) is 32.1 Å². The normalized spacial score (nSPS) is 16.1. The first-order valence-corrected chi connectivity index (χ1v) is 13.4. The summed E-state index contributed by atoms with van der Waals surface area (Å²) in [5.74, 6) is 0.0268. The van der Waals surface area contributed by atoms with Crippen molar-refractivity contribution < 1.29 is 15.3 Å². The molecule has 1 atom stereocenters. The van der Waals surface area contributed by atoms with E-state index in [1.165, 1.54) is 16.0 Å². The fraction of sp³-hybridized carbons (Fsp3) is 0.321. The number of nitrogens with one attached hydrogen (secondary N) is 1. The molecule has 2 aliphatic rings. The maximum absolute atomic E-state index is 10.4. The van der Waals surface area contributed by atoms with Crippen LogP contribution in [0.3, 0.4) is 0 Å². The Balaban J connectivity index is 0.000000174. The lowest BCUT2D eigenvalue weighted by Gasteiger charge is -2.41. The Bertz CT molecular complexity index is 1490. The molecule has 1 aliphatic carbocycles. The van der Waals surface area contributed by atoms with E-state index in [-0.39, 0.29) is 23.3 Å². The maximum Gasteiger partial charge on any atom is 0.165 e. The van der Waals surface area contributed by atoms with Crippen LogP contribution in [-0.2, 0) is 12.8 Å². The summed E-state index contributed by atoms with van der Waals surface area (Å²) in [5.41, 5.74) is 7.24. The Morgan fingerprint density at radius 2 is 1.89 bits per heavy atom. The molecule has 0 radical (unpaired) electrons. The highest BCUT2D eigenvalue weighted by molar-refractivity contribution is 7.73. The van der Waals surface area contributed by atoms with E-state index in [2.05, 4.69) is 39.9 Å². The first-order valence-electron chi connectivity index (χ1n) is 12.2. The Morgan fingerprint density at radius 3 is 2.64 bits per heavy atom. The molecule has 36 heavy (non-hydrogen) atoms. The van der Waals surface area contributed by atoms with Crippen molar-refractivity contribution >= 4 is 39.5 Å². The molecule has 8 heteroatoms. The summed E-state index contributed by atoms with van der Waals surface area (Å²) in [6, 6.07) is 13.6. The number of phenols is 3. The van der Waals surface area contributed by atoms with Crippen LogP contribution < -0.4 is 4.90 Å². The van der Waals surface area contributed by atoms with Crippen LogP contribution >= 0.6 is 23.6 Å². The topological polar surface area (TPSA) is 83.0 Å². The lowest BCUT2D eigenvalue weighted by molar-refractivity contribution is 0.182. The average Bonchev–Trinajstić information content (AvgIpc) is 3.22. The van der Waals surface area contributed by atoms with Gasteiger partial charge in [-0.25, -0.2) is 0 Å². The van der Waals surface area contributed by atoms with Crippen LogP contribution in [0.4, 0.5) is 5.69 Å². The number of H-pyrrole nitrogens is 1. The molecule has 1 aliphatic heterocycles. The van der Waals surface area contributed by atoms with E-state index in [0.717, 1.165) is 58.5 Å². The van der Waals surface area contributed by atoms with Crippen LogP contribution in [0.25, 0.3) is 21.3 Å². The van der Waals surface area contributed by atoms with Gasteiger partial charge in [0.05, 0.1) is 10.2 Å². The van der Waals surface area contributed by atoms with Gasteiger partial charge >= 0.3 is 0 Å². The van der Waals surface area contributed by atoms with Crippen molar-refractivity contribution in [2.24, 2.45) is 0 Å². The molecular weight excluding hydrogens is 490 g/mol. The zero-order valence-electron chi connectivity index (χ0n) is 20.7. The number of hydrogen-bond donors (Lipinski definition) is 4. The monoisotopic (exact) mass is 521 g/mol. The zero-order valence-corrected chi connectivity index (χ0v) is 22.3. The molecule has 2 heterocycles. The molecule has 4 aromatic rings. The largest absolute Gasteiger partial charge is 0.508 e. The minimum Gasteiger partial charge on any atom is -0.508 e. The number of aromatic nitrogens is 1. The van der Waals surface area contributed by atoms with E-state index in [0.29, 0.717) is 5.56 Å². The molecule has 0 fully saturated rings. The SMILES string of the molecule is CCCN1CCc2cc(O)cc3c2[C@H]1Cc1ccc(O)c(O)c1-3.CN(C)c1ccc2sc(=S)[nH]c2c1. The maximum atomic E-state index is 10.4. The minimum absolute atomic E-state index is 0.0821. The van der Waals surface area contributed by atoms with Gasteiger partial charge in [-0.05, 0) is 96.7 Å². The van der Waals surface area contributed by atoms with Crippen LogP contribution in [0.15, 0.2) is 42.5 Å². The van der Waals surface area contributed by atoms with E-state index < -0.39 is 0 Å². The number of benzene rings is 3. The second kappa shape index (κ2) is 9.76. The van der Waals surface area contributed by atoms with Crippen LogP contribution in [0.2, 0.25) is 0 Å². The molecule has 4 N–H and O–H groups in total. The Kier molecular flexibility index (Phi) is 6.68. The average molecular weight is 522 g/mol. The van der Waals surface area contributed by atoms with Gasteiger partial charge in [0.1, 0.15) is 5.75 Å². The molecule has 6 rings (SSSR count). The molecule has 6 nitrogen and oxygen atoms in total. The number of thiazole rings is 1. The number of nitrogens with zero attached hydrogens (tertiary/aromatic N) is 2. The van der Waals surface area contributed by atoms with Gasteiger partial charge in [-0.3, -0.25) is 4.90 Å². The van der Waals surface area contributed by atoms with Gasteiger partial charge in [-0.2, -0.15) is 0 Å².